The van der Waals surface area contributed by atoms with Gasteiger partial charge in [-0.15, -0.1) is 0 Å². The van der Waals surface area contributed by atoms with Gasteiger partial charge in [-0.25, -0.2) is 4.42 Å². The van der Waals surface area contributed by atoms with Crippen molar-refractivity contribution in [2.24, 2.45) is 0 Å². The summed E-state index contributed by atoms with van der Waals surface area (Å²) in [4.78, 5) is 13.9. The largest absolute Gasteiger partial charge is 0.506 e. The minimum atomic E-state index is -0.348. The lowest BCUT2D eigenvalue weighted by molar-refractivity contribution is -0.113. The van der Waals surface area contributed by atoms with Crippen LogP contribution in [-0.4, -0.2) is 53.5 Å². The molecule has 0 unspecified atom stereocenters. The van der Waals surface area contributed by atoms with Crippen molar-refractivity contribution in [3.63, 3.8) is 0 Å². The van der Waals surface area contributed by atoms with E-state index in [2.05, 4.69) is 31.9 Å². The molecule has 2 heterocycles. The lowest BCUT2D eigenvalue weighted by Gasteiger charge is -2.23. The fourth-order valence-corrected chi connectivity index (χ4v) is 7.63. The first-order valence-electron chi connectivity index (χ1n) is 17.7. The van der Waals surface area contributed by atoms with Crippen LogP contribution in [0.2, 0.25) is 0 Å². The summed E-state index contributed by atoms with van der Waals surface area (Å²) in [5.74, 6) is 4.65. The molecule has 294 valence electrons. The van der Waals surface area contributed by atoms with Crippen LogP contribution in [0.4, 0.5) is 0 Å². The van der Waals surface area contributed by atoms with E-state index >= 15 is 0 Å². The minimum absolute atomic E-state index is 0.133. The average molecular weight is 910 g/mol. The number of carbonyl (C=O) groups is 1. The molecular weight excluding hydrogens is 872 g/mol. The number of methoxy groups -OCH3 is 6. The van der Waals surface area contributed by atoms with Gasteiger partial charge in [-0.2, -0.15) is 0 Å². The molecule has 0 saturated carbocycles. The predicted octanol–water partition coefficient (Wildman–Crippen LogP) is 11.3. The van der Waals surface area contributed by atoms with Crippen molar-refractivity contribution in [3.05, 3.63) is 151 Å². The van der Waals surface area contributed by atoms with Crippen LogP contribution in [0.1, 0.15) is 16.7 Å². The predicted molar refractivity (Wildman–Crippen MR) is 229 cm³/mol. The van der Waals surface area contributed by atoms with E-state index in [0.29, 0.717) is 99.9 Å². The third kappa shape index (κ3) is 7.72. The lowest BCUT2D eigenvalue weighted by atomic mass is 9.85. The van der Waals surface area contributed by atoms with E-state index in [1.54, 1.807) is 79.1 Å². The fourth-order valence-electron chi connectivity index (χ4n) is 6.52. The molecule has 5 aromatic rings. The number of aliphatic hydroxyl groups is 1. The summed E-state index contributed by atoms with van der Waals surface area (Å²) in [5.41, 5.74) is 4.13. The number of carbonyl (C=O) groups excluding carboxylic acids is 1. The summed E-state index contributed by atoms with van der Waals surface area (Å²) in [7, 11) is 9.42. The van der Waals surface area contributed by atoms with Crippen molar-refractivity contribution >= 4 is 55.2 Å². The summed E-state index contributed by atoms with van der Waals surface area (Å²) in [6, 6.07) is 25.7. The standard InChI is InChI=1S/C46H36Br2O10/c1-51-33-13-9-7-11-29(33)37-19-25(17-35(57-37)27-21-39(53-3)43(47)40(22-27)54-4)15-31-45(49)32(46(31)50)16-26-18-36(28-23-41(55-5)44(48)42(24-28)56-6)58-38(20-26)30-12-8-10-14-34(30)52-2/h7-24H,1-6H3/p+1. The van der Waals surface area contributed by atoms with Gasteiger partial charge in [0, 0.05) is 5.56 Å². The van der Waals surface area contributed by atoms with Crippen molar-refractivity contribution < 1.29 is 47.5 Å². The summed E-state index contributed by atoms with van der Waals surface area (Å²) in [6.45, 7) is 0. The van der Waals surface area contributed by atoms with Crippen LogP contribution in [0.3, 0.4) is 0 Å². The molecule has 12 heteroatoms. The highest BCUT2D eigenvalue weighted by molar-refractivity contribution is 9.11. The number of ether oxygens (including phenoxy) is 7. The van der Waals surface area contributed by atoms with Crippen LogP contribution >= 0.6 is 31.9 Å². The molecule has 0 saturated heterocycles. The van der Waals surface area contributed by atoms with Crippen LogP contribution in [-0.2, 0) is 9.53 Å². The molecule has 0 fully saturated rings. The molecule has 4 aromatic carbocycles. The second kappa shape index (κ2) is 17.1. The molecule has 1 aliphatic heterocycles. The zero-order valence-corrected chi connectivity index (χ0v) is 35.4. The maximum Gasteiger partial charge on any atom is 0.365 e. The molecule has 0 amide bonds. The van der Waals surface area contributed by atoms with Crippen molar-refractivity contribution in [1.82, 2.24) is 0 Å². The smallest absolute Gasteiger partial charge is 0.365 e. The minimum Gasteiger partial charge on any atom is -0.506 e. The highest BCUT2D eigenvalue weighted by Gasteiger charge is 2.34. The van der Waals surface area contributed by atoms with Crippen LogP contribution in [0.25, 0.3) is 40.2 Å². The Hall–Kier alpha value is -6.24. The number of benzene rings is 4. The molecule has 0 radical (unpaired) electrons. The van der Waals surface area contributed by atoms with Gasteiger partial charge in [0.15, 0.2) is 0 Å². The Labute approximate surface area is 352 Å². The highest BCUT2D eigenvalue weighted by atomic mass is 79.9. The van der Waals surface area contributed by atoms with E-state index in [-0.39, 0.29) is 22.7 Å². The molecule has 10 nitrogen and oxygen atoms in total. The van der Waals surface area contributed by atoms with E-state index in [4.69, 9.17) is 37.6 Å². The van der Waals surface area contributed by atoms with E-state index < -0.39 is 0 Å². The molecular formula is C46H37Br2O10+. The molecule has 1 aromatic heterocycles. The molecule has 7 rings (SSSR count). The first-order valence-corrected chi connectivity index (χ1v) is 19.3. The Morgan fingerprint density at radius 3 is 1.62 bits per heavy atom. The Bertz CT molecular complexity index is 2570. The molecule has 1 aliphatic carbocycles. The van der Waals surface area contributed by atoms with Gasteiger partial charge in [-0.05, 0) is 116 Å². The van der Waals surface area contributed by atoms with Gasteiger partial charge < -0.3 is 38.3 Å². The van der Waals surface area contributed by atoms with E-state index in [1.807, 2.05) is 72.8 Å². The Morgan fingerprint density at radius 2 is 1.07 bits per heavy atom. The van der Waals surface area contributed by atoms with Gasteiger partial charge in [0.2, 0.25) is 5.78 Å². The summed E-state index contributed by atoms with van der Waals surface area (Å²) < 4.78 is 47.9. The SMILES string of the molecule is COc1ccccc1C1=CC(=CC2=C(O)C(=Cc3cc(-c4cc(OC)c(Br)c(OC)c4)[o+]c(-c4ccccc4OC)c3)C2=O)C=C(c2cc(OC)c(Br)c(OC)c2)O1. The normalized spacial score (nSPS) is 15.0. The zero-order valence-electron chi connectivity index (χ0n) is 32.3. The van der Waals surface area contributed by atoms with Gasteiger partial charge in [0.1, 0.15) is 66.3 Å². The van der Waals surface area contributed by atoms with Crippen LogP contribution in [0.5, 0.6) is 34.5 Å². The Balaban J connectivity index is 1.34. The molecule has 2 aliphatic rings. The number of hydrogen-bond donors (Lipinski definition) is 1. The number of aliphatic hydroxyl groups excluding tert-OH is 1. The number of halogens is 2. The molecule has 0 bridgehead atoms. The third-order valence-corrected chi connectivity index (χ3v) is 11.0. The van der Waals surface area contributed by atoms with Crippen molar-refractivity contribution in [2.75, 3.05) is 42.7 Å². The summed E-state index contributed by atoms with van der Waals surface area (Å²) >= 11 is 7.07. The van der Waals surface area contributed by atoms with Crippen molar-refractivity contribution in [3.8, 4) is 57.1 Å². The van der Waals surface area contributed by atoms with Gasteiger partial charge in [-0.1, -0.05) is 24.3 Å². The van der Waals surface area contributed by atoms with Gasteiger partial charge in [0.05, 0.1) is 77.1 Å². The van der Waals surface area contributed by atoms with Crippen molar-refractivity contribution in [1.29, 1.82) is 0 Å². The Kier molecular flexibility index (Phi) is 11.8. The Morgan fingerprint density at radius 1 is 0.586 bits per heavy atom. The summed E-state index contributed by atoms with van der Waals surface area (Å²) in [5, 5.41) is 11.5. The zero-order chi connectivity index (χ0) is 41.1. The number of Topliss-reactive ketones (excluding diaryl/α,β-unsaturated/α-hetero) is 1. The number of allylic oxidation sites excluding steroid dienone is 6. The van der Waals surface area contributed by atoms with E-state index in [1.165, 1.54) is 0 Å². The van der Waals surface area contributed by atoms with Crippen molar-refractivity contribution in [2.45, 2.75) is 0 Å². The highest BCUT2D eigenvalue weighted by Crippen LogP contribution is 2.44. The van der Waals surface area contributed by atoms with Crippen LogP contribution in [0, 0.1) is 0 Å². The average Bonchev–Trinajstić information content (AvgIpc) is 3.27. The van der Waals surface area contributed by atoms with Gasteiger partial charge >= 0.3 is 11.5 Å². The van der Waals surface area contributed by atoms with E-state index in [9.17, 15) is 9.90 Å². The van der Waals surface area contributed by atoms with Crippen LogP contribution in [0.15, 0.2) is 139 Å². The van der Waals surface area contributed by atoms with Gasteiger partial charge in [0.25, 0.3) is 0 Å². The maximum atomic E-state index is 13.9. The monoisotopic (exact) mass is 907 g/mol. The summed E-state index contributed by atoms with van der Waals surface area (Å²) in [6.07, 6.45) is 6.83. The fraction of sp³-hybridized carbons (Fsp3) is 0.130. The number of rotatable bonds is 12. The second-order valence-corrected chi connectivity index (χ2v) is 14.4. The number of hydrogen-bond acceptors (Lipinski definition) is 9. The molecule has 58 heavy (non-hydrogen) atoms. The lowest BCUT2D eigenvalue weighted by Crippen LogP contribution is -2.21. The topological polar surface area (TPSA) is 113 Å². The number of ketones is 1. The van der Waals surface area contributed by atoms with E-state index in [0.717, 1.165) is 0 Å². The van der Waals surface area contributed by atoms with Gasteiger partial charge in [-0.3, -0.25) is 4.79 Å². The number of para-hydroxylation sites is 2. The first-order chi connectivity index (χ1) is 28.1. The molecule has 0 spiro atoms. The van der Waals surface area contributed by atoms with Crippen LogP contribution < -0.4 is 28.4 Å². The third-order valence-electron chi connectivity index (χ3n) is 9.46. The molecule has 0 atom stereocenters. The molecule has 1 N–H and O–H groups in total. The maximum absolute atomic E-state index is 13.9. The quantitative estimate of drug-likeness (QED) is 0.0959. The first kappa shape index (κ1) is 40.0. The second-order valence-electron chi connectivity index (χ2n) is 12.8.